The van der Waals surface area contributed by atoms with E-state index in [2.05, 4.69) is 0 Å². The Morgan fingerprint density at radius 3 is 1.03 bits per heavy atom. The van der Waals surface area contributed by atoms with E-state index >= 15 is 0 Å². The minimum atomic E-state index is -0.732. The van der Waals surface area contributed by atoms with Crippen molar-refractivity contribution >= 4 is 0 Å². The monoisotopic (exact) mass is 822 g/mol. The van der Waals surface area contributed by atoms with E-state index in [9.17, 15) is 71.5 Å². The smallest absolute Gasteiger partial charge is 0.200 e. The standard InChI is InChI=1S/C46H46O14/c47-30-8-23(9-31(48)21-30)2-5-34-37(51)13-25(14-38(34)52)1-4-28(7-26-15-41(55)45(59)42(56)16-26)36(12-27-17-43(57)46(60)44(58)18-27)29-19-39(53)35(40(54)20-29)6-3-24-10-32(49)22-33(50)11-24/h8-11,13-22,28,36,47-60H,1-7,12H2/t28-,36-/m0/s1. The van der Waals surface area contributed by atoms with Gasteiger partial charge in [-0.25, -0.2) is 0 Å². The number of phenols is 14. The summed E-state index contributed by atoms with van der Waals surface area (Å²) in [5.41, 5.74) is 3.18. The van der Waals surface area contributed by atoms with E-state index in [0.29, 0.717) is 33.4 Å². The normalized spacial score (nSPS) is 12.3. The second-order valence-electron chi connectivity index (χ2n) is 15.1. The highest BCUT2D eigenvalue weighted by molar-refractivity contribution is 5.54. The van der Waals surface area contributed by atoms with Gasteiger partial charge in [-0.15, -0.1) is 0 Å². The summed E-state index contributed by atoms with van der Waals surface area (Å²) in [7, 11) is 0. The van der Waals surface area contributed by atoms with Crippen LogP contribution in [0.4, 0.5) is 0 Å². The maximum Gasteiger partial charge on any atom is 0.200 e. The number of benzene rings is 6. The van der Waals surface area contributed by atoms with E-state index in [-0.39, 0.29) is 108 Å². The molecule has 0 aromatic heterocycles. The highest BCUT2D eigenvalue weighted by atomic mass is 16.3. The largest absolute Gasteiger partial charge is 0.508 e. The Hall–Kier alpha value is -7.48. The molecule has 2 atom stereocenters. The number of aryl methyl sites for hydroxylation is 3. The van der Waals surface area contributed by atoms with Gasteiger partial charge >= 0.3 is 0 Å². The molecule has 0 unspecified atom stereocenters. The first kappa shape index (κ1) is 42.1. The third kappa shape index (κ3) is 9.96. The molecule has 0 aliphatic carbocycles. The van der Waals surface area contributed by atoms with Crippen LogP contribution in [0.3, 0.4) is 0 Å². The maximum absolute atomic E-state index is 11.4. The van der Waals surface area contributed by atoms with E-state index in [4.69, 9.17) is 0 Å². The number of phenolic OH excluding ortho intramolecular Hbond substituents is 14. The van der Waals surface area contributed by atoms with Crippen LogP contribution >= 0.6 is 0 Å². The summed E-state index contributed by atoms with van der Waals surface area (Å²) in [5, 5.41) is 146. The zero-order valence-electron chi connectivity index (χ0n) is 32.2. The average molecular weight is 823 g/mol. The van der Waals surface area contributed by atoms with Crippen molar-refractivity contribution in [3.8, 4) is 80.5 Å². The van der Waals surface area contributed by atoms with Crippen LogP contribution in [0.2, 0.25) is 0 Å². The predicted molar refractivity (Wildman–Crippen MR) is 219 cm³/mol. The molecule has 0 amide bonds. The number of hydrogen-bond donors (Lipinski definition) is 14. The summed E-state index contributed by atoms with van der Waals surface area (Å²) in [6.07, 6.45) is 1.39. The number of hydrogen-bond acceptors (Lipinski definition) is 14. The van der Waals surface area contributed by atoms with E-state index in [1.807, 2.05) is 0 Å². The lowest BCUT2D eigenvalue weighted by Crippen LogP contribution is -2.20. The van der Waals surface area contributed by atoms with Crippen molar-refractivity contribution in [2.75, 3.05) is 0 Å². The van der Waals surface area contributed by atoms with Crippen molar-refractivity contribution < 1.29 is 71.5 Å². The molecule has 0 bridgehead atoms. The Kier molecular flexibility index (Phi) is 12.3. The fourth-order valence-corrected chi connectivity index (χ4v) is 7.84. The summed E-state index contributed by atoms with van der Waals surface area (Å²) in [6, 6.07) is 19.1. The van der Waals surface area contributed by atoms with Crippen LogP contribution < -0.4 is 0 Å². The van der Waals surface area contributed by atoms with Crippen molar-refractivity contribution in [2.24, 2.45) is 5.92 Å². The summed E-state index contributed by atoms with van der Waals surface area (Å²) in [6.45, 7) is 0. The van der Waals surface area contributed by atoms with Crippen LogP contribution in [0.15, 0.2) is 84.9 Å². The van der Waals surface area contributed by atoms with Gasteiger partial charge in [-0.3, -0.25) is 0 Å². The highest BCUT2D eigenvalue weighted by Crippen LogP contribution is 2.44. The van der Waals surface area contributed by atoms with Gasteiger partial charge in [0.15, 0.2) is 34.5 Å². The molecular formula is C46H46O14. The Balaban J connectivity index is 1.36. The molecule has 0 fully saturated rings. The van der Waals surface area contributed by atoms with Crippen molar-refractivity contribution in [3.63, 3.8) is 0 Å². The average Bonchev–Trinajstić information content (AvgIpc) is 3.15. The van der Waals surface area contributed by atoms with Gasteiger partial charge in [0.05, 0.1) is 0 Å². The first-order valence-corrected chi connectivity index (χ1v) is 19.0. The third-order valence-corrected chi connectivity index (χ3v) is 10.8. The van der Waals surface area contributed by atoms with Crippen LogP contribution in [0.25, 0.3) is 0 Å². The molecule has 0 heterocycles. The zero-order chi connectivity index (χ0) is 43.4. The SMILES string of the molecule is Oc1cc(O)cc(CCc2c(O)cc(CC[C@@H](Cc3cc(O)c(O)c(O)c3)[C@H](Cc3cc(O)c(O)c(O)c3)c3cc(O)c(CCc4cc(O)cc(O)c4)c(O)c3)cc2O)c1. The van der Waals surface area contributed by atoms with E-state index < -0.39 is 46.3 Å². The topological polar surface area (TPSA) is 283 Å². The predicted octanol–water partition coefficient (Wildman–Crippen LogP) is 6.95. The van der Waals surface area contributed by atoms with Gasteiger partial charge in [0, 0.05) is 23.3 Å². The molecular weight excluding hydrogens is 776 g/mol. The second kappa shape index (κ2) is 17.6. The maximum atomic E-state index is 11.4. The Labute approximate surface area is 343 Å². The van der Waals surface area contributed by atoms with Gasteiger partial charge in [0.1, 0.15) is 46.0 Å². The fraction of sp³-hybridized carbons (Fsp3) is 0.217. The van der Waals surface area contributed by atoms with Crippen molar-refractivity contribution in [3.05, 3.63) is 129 Å². The molecule has 0 saturated carbocycles. The summed E-state index contributed by atoms with van der Waals surface area (Å²) in [4.78, 5) is 0. The van der Waals surface area contributed by atoms with Crippen LogP contribution in [-0.2, 0) is 44.9 Å². The van der Waals surface area contributed by atoms with Crippen LogP contribution in [-0.4, -0.2) is 71.5 Å². The number of rotatable bonds is 15. The molecule has 6 aromatic rings. The lowest BCUT2D eigenvalue weighted by molar-refractivity contribution is 0.358. The molecule has 14 heteroatoms. The minimum Gasteiger partial charge on any atom is -0.508 e. The molecule has 0 aliphatic rings. The number of aromatic hydroxyl groups is 14. The highest BCUT2D eigenvalue weighted by Gasteiger charge is 2.28. The molecule has 60 heavy (non-hydrogen) atoms. The Bertz CT molecular complexity index is 2400. The van der Waals surface area contributed by atoms with Gasteiger partial charge in [-0.2, -0.15) is 0 Å². The van der Waals surface area contributed by atoms with E-state index in [1.165, 1.54) is 84.9 Å². The molecule has 0 spiro atoms. The minimum absolute atomic E-state index is 0.0307. The van der Waals surface area contributed by atoms with Crippen molar-refractivity contribution in [2.45, 2.75) is 57.3 Å². The quantitative estimate of drug-likeness (QED) is 0.0467. The zero-order valence-corrected chi connectivity index (χ0v) is 32.2. The summed E-state index contributed by atoms with van der Waals surface area (Å²) < 4.78 is 0. The third-order valence-electron chi connectivity index (χ3n) is 10.8. The first-order valence-electron chi connectivity index (χ1n) is 19.0. The van der Waals surface area contributed by atoms with Crippen molar-refractivity contribution in [1.82, 2.24) is 0 Å². The molecule has 0 radical (unpaired) electrons. The van der Waals surface area contributed by atoms with E-state index in [1.54, 1.807) is 0 Å². The van der Waals surface area contributed by atoms with Crippen LogP contribution in [0.1, 0.15) is 56.8 Å². The molecule has 14 N–H and O–H groups in total. The van der Waals surface area contributed by atoms with Crippen molar-refractivity contribution in [1.29, 1.82) is 0 Å². The van der Waals surface area contributed by atoms with Gasteiger partial charge < -0.3 is 71.5 Å². The molecule has 6 rings (SSSR count). The first-order chi connectivity index (χ1) is 28.4. The van der Waals surface area contributed by atoms with Crippen LogP contribution in [0.5, 0.6) is 80.5 Å². The van der Waals surface area contributed by atoms with Gasteiger partial charge in [0.25, 0.3) is 0 Å². The van der Waals surface area contributed by atoms with Gasteiger partial charge in [-0.05, 0) is 169 Å². The fourth-order valence-electron chi connectivity index (χ4n) is 7.84. The summed E-state index contributed by atoms with van der Waals surface area (Å²) in [5.74, 6) is -6.58. The van der Waals surface area contributed by atoms with Crippen LogP contribution in [0, 0.1) is 5.92 Å². The molecule has 6 aromatic carbocycles. The molecule has 14 nitrogen and oxygen atoms in total. The van der Waals surface area contributed by atoms with Gasteiger partial charge in [-0.1, -0.05) is 0 Å². The molecule has 314 valence electrons. The summed E-state index contributed by atoms with van der Waals surface area (Å²) >= 11 is 0. The Morgan fingerprint density at radius 1 is 0.300 bits per heavy atom. The molecule has 0 saturated heterocycles. The van der Waals surface area contributed by atoms with Gasteiger partial charge in [0.2, 0.25) is 0 Å². The molecule has 0 aliphatic heterocycles. The lowest BCUT2D eigenvalue weighted by atomic mass is 9.75. The Morgan fingerprint density at radius 2 is 0.633 bits per heavy atom. The van der Waals surface area contributed by atoms with E-state index in [0.717, 1.165) is 0 Å². The second-order valence-corrected chi connectivity index (χ2v) is 15.1. The lowest BCUT2D eigenvalue weighted by Gasteiger charge is -2.29.